The van der Waals surface area contributed by atoms with Gasteiger partial charge in [-0.3, -0.25) is 14.2 Å². The van der Waals surface area contributed by atoms with Crippen molar-refractivity contribution in [3.8, 4) is 0 Å². The van der Waals surface area contributed by atoms with E-state index < -0.39 is 17.2 Å². The number of aryl methyl sites for hydroxylation is 2. The Hall–Kier alpha value is -3.03. The van der Waals surface area contributed by atoms with E-state index in [1.54, 1.807) is 14.1 Å². The van der Waals surface area contributed by atoms with E-state index in [-0.39, 0.29) is 18.1 Å². The summed E-state index contributed by atoms with van der Waals surface area (Å²) in [6.07, 6.45) is 3.19. The van der Waals surface area contributed by atoms with Crippen molar-refractivity contribution < 1.29 is 4.79 Å². The fraction of sp³-hybridized carbons (Fsp3) is 0.389. The molecule has 3 rings (SSSR count). The predicted molar refractivity (Wildman–Crippen MR) is 102 cm³/mol. The van der Waals surface area contributed by atoms with Gasteiger partial charge in [0, 0.05) is 26.8 Å². The summed E-state index contributed by atoms with van der Waals surface area (Å²) < 4.78 is 2.06. The van der Waals surface area contributed by atoms with Gasteiger partial charge in [-0.25, -0.2) is 9.36 Å². The molecule has 1 aliphatic rings. The van der Waals surface area contributed by atoms with Crippen LogP contribution >= 0.6 is 0 Å². The highest BCUT2D eigenvalue weighted by atomic mass is 16.2. The Kier molecular flexibility index (Phi) is 4.58. The molecule has 1 heterocycles. The number of hydrogen-bond acceptors (Lipinski definition) is 5. The molecule has 1 aliphatic carbocycles. The Morgan fingerprint density at radius 1 is 1.23 bits per heavy atom. The van der Waals surface area contributed by atoms with Crippen molar-refractivity contribution in [2.24, 2.45) is 7.05 Å². The van der Waals surface area contributed by atoms with Crippen LogP contribution in [0.2, 0.25) is 0 Å². The van der Waals surface area contributed by atoms with Crippen LogP contribution < -0.4 is 27.2 Å². The van der Waals surface area contributed by atoms with Crippen molar-refractivity contribution in [1.82, 2.24) is 9.13 Å². The first-order valence-electron chi connectivity index (χ1n) is 8.48. The third-order valence-corrected chi connectivity index (χ3v) is 4.70. The van der Waals surface area contributed by atoms with Crippen molar-refractivity contribution in [2.45, 2.75) is 25.8 Å². The second kappa shape index (κ2) is 6.70. The largest absolute Gasteiger partial charge is 0.383 e. The van der Waals surface area contributed by atoms with Crippen molar-refractivity contribution in [3.63, 3.8) is 0 Å². The van der Waals surface area contributed by atoms with Crippen LogP contribution in [-0.2, 0) is 31.2 Å². The number of carbonyl (C=O) groups is 1. The molecule has 2 aromatic rings. The summed E-state index contributed by atoms with van der Waals surface area (Å²) in [6, 6.07) is 5.81. The summed E-state index contributed by atoms with van der Waals surface area (Å²) >= 11 is 0. The standard InChI is InChI=1S/C18H23N5O3/c1-21(2)15-16(19)22(3)18(26)23(17(15)25)10-14(24)20-13-8-7-11-5-4-6-12(11)9-13/h7-9H,4-6,10,19H2,1-3H3,(H,20,24). The van der Waals surface area contributed by atoms with E-state index in [2.05, 4.69) is 5.32 Å². The van der Waals surface area contributed by atoms with Gasteiger partial charge in [-0.2, -0.15) is 0 Å². The number of nitrogens with two attached hydrogens (primary N) is 1. The molecule has 0 unspecified atom stereocenters. The lowest BCUT2D eigenvalue weighted by molar-refractivity contribution is -0.116. The van der Waals surface area contributed by atoms with Crippen LogP contribution in [0.15, 0.2) is 27.8 Å². The van der Waals surface area contributed by atoms with E-state index in [1.807, 2.05) is 18.2 Å². The molecule has 138 valence electrons. The molecule has 0 atom stereocenters. The molecule has 1 amide bonds. The lowest BCUT2D eigenvalue weighted by Gasteiger charge is -2.18. The molecular weight excluding hydrogens is 334 g/mol. The van der Waals surface area contributed by atoms with Crippen molar-refractivity contribution in [1.29, 1.82) is 0 Å². The Morgan fingerprint density at radius 3 is 2.62 bits per heavy atom. The van der Waals surface area contributed by atoms with Crippen LogP contribution in [0.3, 0.4) is 0 Å². The van der Waals surface area contributed by atoms with Crippen LogP contribution in [0, 0.1) is 0 Å². The van der Waals surface area contributed by atoms with E-state index in [9.17, 15) is 14.4 Å². The molecule has 1 aromatic heterocycles. The smallest absolute Gasteiger partial charge is 0.332 e. The average Bonchev–Trinajstić information content (AvgIpc) is 3.04. The number of amides is 1. The van der Waals surface area contributed by atoms with Crippen LogP contribution in [0.5, 0.6) is 0 Å². The monoisotopic (exact) mass is 357 g/mol. The molecule has 1 aromatic carbocycles. The first kappa shape index (κ1) is 17.8. The number of nitrogens with one attached hydrogen (secondary N) is 1. The maximum Gasteiger partial charge on any atom is 0.332 e. The number of nitrogens with zero attached hydrogens (tertiary/aromatic N) is 3. The summed E-state index contributed by atoms with van der Waals surface area (Å²) in [7, 11) is 4.79. The molecule has 8 nitrogen and oxygen atoms in total. The van der Waals surface area contributed by atoms with Gasteiger partial charge in [0.05, 0.1) is 0 Å². The van der Waals surface area contributed by atoms with Gasteiger partial charge in [-0.15, -0.1) is 0 Å². The van der Waals surface area contributed by atoms with E-state index in [0.29, 0.717) is 5.69 Å². The molecule has 0 aliphatic heterocycles. The minimum absolute atomic E-state index is 0.0697. The molecule has 3 N–H and O–H groups in total. The lowest BCUT2D eigenvalue weighted by atomic mass is 10.1. The molecule has 0 saturated heterocycles. The first-order chi connectivity index (χ1) is 12.3. The van der Waals surface area contributed by atoms with Crippen molar-refractivity contribution in [3.05, 3.63) is 50.2 Å². The van der Waals surface area contributed by atoms with Gasteiger partial charge in [0.2, 0.25) is 5.91 Å². The van der Waals surface area contributed by atoms with Gasteiger partial charge in [0.15, 0.2) is 0 Å². The van der Waals surface area contributed by atoms with Gasteiger partial charge in [0.25, 0.3) is 5.56 Å². The molecule has 0 fully saturated rings. The summed E-state index contributed by atoms with van der Waals surface area (Å²) in [5.41, 5.74) is 8.05. The van der Waals surface area contributed by atoms with E-state index in [1.165, 1.54) is 27.6 Å². The average molecular weight is 357 g/mol. The summed E-state index contributed by atoms with van der Waals surface area (Å²) in [5, 5.41) is 2.77. The van der Waals surface area contributed by atoms with Gasteiger partial charge >= 0.3 is 5.69 Å². The Morgan fingerprint density at radius 2 is 1.92 bits per heavy atom. The molecular formula is C18H23N5O3. The highest BCUT2D eigenvalue weighted by Gasteiger charge is 2.19. The fourth-order valence-corrected chi connectivity index (χ4v) is 3.32. The third-order valence-electron chi connectivity index (χ3n) is 4.70. The maximum absolute atomic E-state index is 12.6. The normalized spacial score (nSPS) is 12.7. The number of hydrogen-bond donors (Lipinski definition) is 2. The minimum atomic E-state index is -0.623. The molecule has 26 heavy (non-hydrogen) atoms. The highest BCUT2D eigenvalue weighted by Crippen LogP contribution is 2.24. The topological polar surface area (TPSA) is 102 Å². The maximum atomic E-state index is 12.6. The Balaban J connectivity index is 1.88. The van der Waals surface area contributed by atoms with Gasteiger partial charge in [-0.1, -0.05) is 6.07 Å². The summed E-state index contributed by atoms with van der Waals surface area (Å²) in [4.78, 5) is 38.9. The Labute approximate surface area is 150 Å². The Bertz CT molecular complexity index is 988. The van der Waals surface area contributed by atoms with E-state index in [0.717, 1.165) is 23.8 Å². The van der Waals surface area contributed by atoms with Crippen molar-refractivity contribution >= 4 is 23.1 Å². The van der Waals surface area contributed by atoms with Crippen LogP contribution in [0.1, 0.15) is 17.5 Å². The highest BCUT2D eigenvalue weighted by molar-refractivity contribution is 5.90. The molecule has 0 radical (unpaired) electrons. The summed E-state index contributed by atoms with van der Waals surface area (Å²) in [5.74, 6) is -0.364. The molecule has 0 spiro atoms. The van der Waals surface area contributed by atoms with Gasteiger partial charge < -0.3 is 16.0 Å². The zero-order valence-electron chi connectivity index (χ0n) is 15.2. The second-order valence-electron chi connectivity index (χ2n) is 6.75. The van der Waals surface area contributed by atoms with Gasteiger partial charge in [-0.05, 0) is 42.5 Å². The number of carbonyl (C=O) groups excluding carboxylic acids is 1. The summed E-state index contributed by atoms with van der Waals surface area (Å²) in [6.45, 7) is -0.371. The number of nitrogen functional groups attached to an aromatic ring is 1. The molecule has 8 heteroatoms. The number of anilines is 3. The van der Waals surface area contributed by atoms with Crippen molar-refractivity contribution in [2.75, 3.05) is 30.0 Å². The SMILES string of the molecule is CN(C)c1c(N)n(C)c(=O)n(CC(=O)Nc2ccc3c(c2)CCC3)c1=O. The number of benzene rings is 1. The van der Waals surface area contributed by atoms with E-state index >= 15 is 0 Å². The quantitative estimate of drug-likeness (QED) is 0.821. The minimum Gasteiger partial charge on any atom is -0.383 e. The number of aromatic nitrogens is 2. The molecule has 0 saturated carbocycles. The van der Waals surface area contributed by atoms with E-state index in [4.69, 9.17) is 5.73 Å². The first-order valence-corrected chi connectivity index (χ1v) is 8.48. The number of rotatable bonds is 4. The zero-order chi connectivity index (χ0) is 19.0. The molecule has 0 bridgehead atoms. The second-order valence-corrected chi connectivity index (χ2v) is 6.75. The van der Waals surface area contributed by atoms with Gasteiger partial charge in [0.1, 0.15) is 18.1 Å². The third kappa shape index (κ3) is 3.10. The van der Waals surface area contributed by atoms with Crippen LogP contribution in [-0.4, -0.2) is 29.1 Å². The lowest BCUT2D eigenvalue weighted by Crippen LogP contribution is -2.44. The zero-order valence-corrected chi connectivity index (χ0v) is 15.2. The van der Waals surface area contributed by atoms with Crippen LogP contribution in [0.4, 0.5) is 17.2 Å². The fourth-order valence-electron chi connectivity index (χ4n) is 3.32. The number of fused-ring (bicyclic) bond motifs is 1. The van der Waals surface area contributed by atoms with Crippen LogP contribution in [0.25, 0.3) is 0 Å². The predicted octanol–water partition coefficient (Wildman–Crippen LogP) is 0.323.